The molecule has 0 unspecified atom stereocenters. The van der Waals surface area contributed by atoms with Crippen LogP contribution < -0.4 is 5.56 Å². The molecule has 4 aromatic rings. The summed E-state index contributed by atoms with van der Waals surface area (Å²) in [5.41, 5.74) is 0.960. The van der Waals surface area contributed by atoms with Gasteiger partial charge in [-0.15, -0.1) is 0 Å². The molecule has 0 N–H and O–H groups in total. The average molecular weight is 444 g/mol. The Morgan fingerprint density at radius 1 is 1.12 bits per heavy atom. The molecule has 0 aliphatic carbocycles. The molecule has 0 saturated carbocycles. The fourth-order valence-electron chi connectivity index (χ4n) is 3.88. The quantitative estimate of drug-likeness (QED) is 0.434. The Balaban J connectivity index is 1.80. The van der Waals surface area contributed by atoms with Crippen molar-refractivity contribution in [3.05, 3.63) is 69.0 Å². The van der Waals surface area contributed by atoms with Crippen LogP contribution in [0.4, 0.5) is 13.2 Å². The van der Waals surface area contributed by atoms with Crippen LogP contribution in [0.15, 0.2) is 39.5 Å². The van der Waals surface area contributed by atoms with Crippen molar-refractivity contribution in [2.24, 2.45) is 7.05 Å². The highest BCUT2D eigenvalue weighted by Gasteiger charge is 2.36. The van der Waals surface area contributed by atoms with Crippen molar-refractivity contribution < 1.29 is 17.6 Å². The van der Waals surface area contributed by atoms with Crippen LogP contribution in [0.2, 0.25) is 0 Å². The topological polar surface area (TPSA) is 65.8 Å². The normalized spacial score (nSPS) is 12.3. The van der Waals surface area contributed by atoms with Crippen LogP contribution in [-0.4, -0.2) is 19.3 Å². The predicted octanol–water partition coefficient (Wildman–Crippen LogP) is 5.20. The zero-order chi connectivity index (χ0) is 23.4. The fraction of sp³-hybridized carbons (Fsp3) is 0.348. The minimum atomic E-state index is -4.66. The highest BCUT2D eigenvalue weighted by Crippen LogP contribution is 2.35. The van der Waals surface area contributed by atoms with Gasteiger partial charge in [-0.3, -0.25) is 14.0 Å². The van der Waals surface area contributed by atoms with Crippen molar-refractivity contribution in [3.63, 3.8) is 0 Å². The van der Waals surface area contributed by atoms with Gasteiger partial charge in [-0.2, -0.15) is 18.3 Å². The maximum absolute atomic E-state index is 13.6. The van der Waals surface area contributed by atoms with E-state index >= 15 is 0 Å². The first-order valence-corrected chi connectivity index (χ1v) is 10.2. The summed E-state index contributed by atoms with van der Waals surface area (Å²) in [7, 11) is 1.52. The maximum atomic E-state index is 13.6. The molecule has 0 fully saturated rings. The summed E-state index contributed by atoms with van der Waals surface area (Å²) in [6.07, 6.45) is -4.66. The molecular formula is C23H23F3N4O2. The van der Waals surface area contributed by atoms with Crippen LogP contribution in [0, 0.1) is 13.8 Å². The third kappa shape index (κ3) is 3.72. The first kappa shape index (κ1) is 21.9. The Hall–Kier alpha value is -3.36. The monoisotopic (exact) mass is 444 g/mol. The average Bonchev–Trinajstić information content (AvgIpc) is 3.22. The van der Waals surface area contributed by atoms with Crippen molar-refractivity contribution in [2.75, 3.05) is 0 Å². The third-order valence-corrected chi connectivity index (χ3v) is 5.58. The highest BCUT2D eigenvalue weighted by atomic mass is 19.4. The molecule has 4 rings (SSSR count). The van der Waals surface area contributed by atoms with Gasteiger partial charge in [0.05, 0.1) is 23.2 Å². The first-order chi connectivity index (χ1) is 15.0. The van der Waals surface area contributed by atoms with Crippen LogP contribution >= 0.6 is 0 Å². The largest absolute Gasteiger partial charge is 0.441 e. The number of hydrogen-bond donors (Lipinski definition) is 0. The lowest BCUT2D eigenvalue weighted by Crippen LogP contribution is -2.25. The molecule has 168 valence electrons. The molecule has 0 aliphatic heterocycles. The van der Waals surface area contributed by atoms with E-state index in [2.05, 4.69) is 23.9 Å². The molecule has 6 nitrogen and oxygen atoms in total. The fourth-order valence-corrected chi connectivity index (χ4v) is 3.88. The van der Waals surface area contributed by atoms with Gasteiger partial charge in [-0.25, -0.2) is 4.98 Å². The summed E-state index contributed by atoms with van der Waals surface area (Å²) < 4.78 is 49.1. The maximum Gasteiger partial charge on any atom is 0.417 e. The lowest BCUT2D eigenvalue weighted by Gasteiger charge is -2.13. The third-order valence-electron chi connectivity index (χ3n) is 5.58. The smallest absolute Gasteiger partial charge is 0.417 e. The number of pyridine rings is 1. The van der Waals surface area contributed by atoms with Gasteiger partial charge in [0.2, 0.25) is 5.89 Å². The van der Waals surface area contributed by atoms with Gasteiger partial charge in [0.1, 0.15) is 17.1 Å². The molecule has 0 spiro atoms. The number of hydrogen-bond acceptors (Lipinski definition) is 4. The van der Waals surface area contributed by atoms with Gasteiger partial charge in [0.15, 0.2) is 0 Å². The Bertz CT molecular complexity index is 1360. The van der Waals surface area contributed by atoms with Gasteiger partial charge in [0.25, 0.3) is 5.56 Å². The van der Waals surface area contributed by atoms with Crippen LogP contribution in [0.1, 0.15) is 48.0 Å². The number of fused-ring (bicyclic) bond motifs is 1. The van der Waals surface area contributed by atoms with Crippen molar-refractivity contribution in [3.8, 4) is 11.5 Å². The number of aryl methyl sites for hydroxylation is 3. The van der Waals surface area contributed by atoms with E-state index in [9.17, 15) is 18.0 Å². The number of rotatable bonds is 4. The Kier molecular flexibility index (Phi) is 5.22. The van der Waals surface area contributed by atoms with E-state index in [0.717, 1.165) is 5.56 Å². The number of halogens is 3. The molecule has 1 aromatic carbocycles. The summed E-state index contributed by atoms with van der Waals surface area (Å²) in [6, 6.07) is 8.45. The molecule has 0 aliphatic rings. The summed E-state index contributed by atoms with van der Waals surface area (Å²) in [6.45, 7) is 7.38. The predicted molar refractivity (Wildman–Crippen MR) is 115 cm³/mol. The zero-order valence-electron chi connectivity index (χ0n) is 18.4. The minimum absolute atomic E-state index is 0.0359. The van der Waals surface area contributed by atoms with E-state index in [-0.39, 0.29) is 23.3 Å². The second-order valence-corrected chi connectivity index (χ2v) is 8.19. The molecule has 32 heavy (non-hydrogen) atoms. The summed E-state index contributed by atoms with van der Waals surface area (Å²) in [5, 5.41) is 4.03. The van der Waals surface area contributed by atoms with Crippen molar-refractivity contribution in [1.82, 2.24) is 19.3 Å². The number of nitrogens with zero attached hydrogens (tertiary/aromatic N) is 4. The van der Waals surface area contributed by atoms with Gasteiger partial charge >= 0.3 is 6.18 Å². The molecule has 0 radical (unpaired) electrons. The van der Waals surface area contributed by atoms with Crippen molar-refractivity contribution >= 4 is 11.0 Å². The molecule has 0 amide bonds. The molecule has 0 atom stereocenters. The lowest BCUT2D eigenvalue weighted by molar-refractivity contribution is -0.136. The molecule has 9 heteroatoms. The van der Waals surface area contributed by atoms with E-state index in [1.165, 1.54) is 28.8 Å². The van der Waals surface area contributed by atoms with E-state index in [1.54, 1.807) is 6.92 Å². The van der Waals surface area contributed by atoms with Gasteiger partial charge in [0, 0.05) is 18.7 Å². The lowest BCUT2D eigenvalue weighted by atomic mass is 10.0. The van der Waals surface area contributed by atoms with Crippen LogP contribution in [-0.2, 0) is 19.8 Å². The Morgan fingerprint density at radius 3 is 2.38 bits per heavy atom. The zero-order valence-corrected chi connectivity index (χ0v) is 18.4. The molecule has 3 aromatic heterocycles. The van der Waals surface area contributed by atoms with Gasteiger partial charge in [-0.1, -0.05) is 26.0 Å². The van der Waals surface area contributed by atoms with E-state index in [0.29, 0.717) is 29.3 Å². The SMILES string of the molecule is Cc1oc(-c2ccc(C(C)C)cc2)nc1Cn1c(=O)cc(C(F)(F)F)c2c(C)nn(C)c21. The summed E-state index contributed by atoms with van der Waals surface area (Å²) in [5.74, 6) is 1.28. The number of aromatic nitrogens is 4. The highest BCUT2D eigenvalue weighted by molar-refractivity contribution is 5.83. The summed E-state index contributed by atoms with van der Waals surface area (Å²) in [4.78, 5) is 17.2. The van der Waals surface area contributed by atoms with E-state index in [4.69, 9.17) is 4.42 Å². The van der Waals surface area contributed by atoms with E-state index < -0.39 is 17.3 Å². The molecule has 3 heterocycles. The standard InChI is InChI=1S/C23H23F3N4O2/c1-12(2)15-6-8-16(9-7-15)21-27-18(14(4)32-21)11-30-19(31)10-17(23(24,25)26)20-13(3)28-29(5)22(20)30/h6-10,12H,11H2,1-5H3. The van der Waals surface area contributed by atoms with Crippen LogP contribution in [0.5, 0.6) is 0 Å². The second-order valence-electron chi connectivity index (χ2n) is 8.19. The van der Waals surface area contributed by atoms with Crippen LogP contribution in [0.3, 0.4) is 0 Å². The van der Waals surface area contributed by atoms with Gasteiger partial charge < -0.3 is 4.42 Å². The number of alkyl halides is 3. The number of benzene rings is 1. The van der Waals surface area contributed by atoms with E-state index in [1.807, 2.05) is 24.3 Å². The van der Waals surface area contributed by atoms with Crippen LogP contribution in [0.25, 0.3) is 22.5 Å². The van der Waals surface area contributed by atoms with Crippen molar-refractivity contribution in [1.29, 1.82) is 0 Å². The Labute approximate surface area is 182 Å². The first-order valence-electron chi connectivity index (χ1n) is 10.2. The summed E-state index contributed by atoms with van der Waals surface area (Å²) >= 11 is 0. The number of oxazole rings is 1. The Morgan fingerprint density at radius 2 is 1.78 bits per heavy atom. The van der Waals surface area contributed by atoms with Gasteiger partial charge in [-0.05, 0) is 37.5 Å². The molecule has 0 saturated heterocycles. The molecule has 0 bridgehead atoms. The van der Waals surface area contributed by atoms with Crippen molar-refractivity contribution in [2.45, 2.75) is 46.3 Å². The second kappa shape index (κ2) is 7.65. The molecular weight excluding hydrogens is 421 g/mol. The minimum Gasteiger partial charge on any atom is -0.441 e.